The van der Waals surface area contributed by atoms with Crippen LogP contribution in [0.25, 0.3) is 0 Å². The summed E-state index contributed by atoms with van der Waals surface area (Å²) in [5, 5.41) is 12.0. The topological polar surface area (TPSA) is 71.7 Å². The Morgan fingerprint density at radius 3 is 2.89 bits per heavy atom. The zero-order valence-electron chi connectivity index (χ0n) is 10.6. The van der Waals surface area contributed by atoms with E-state index in [1.807, 2.05) is 6.92 Å². The second-order valence-corrected chi connectivity index (χ2v) is 3.88. The molecule has 0 radical (unpaired) electrons. The lowest BCUT2D eigenvalue weighted by molar-refractivity contribution is 0.102. The maximum Gasteiger partial charge on any atom is 0.258 e. The third-order valence-corrected chi connectivity index (χ3v) is 2.57. The Balaban J connectivity index is 2.15. The summed E-state index contributed by atoms with van der Waals surface area (Å²) in [4.78, 5) is 11.8. The average Bonchev–Trinajstić information content (AvgIpc) is 2.94. The molecule has 0 aliphatic carbocycles. The van der Waals surface area contributed by atoms with Crippen molar-refractivity contribution in [2.75, 3.05) is 11.9 Å². The van der Waals surface area contributed by atoms with Crippen molar-refractivity contribution in [3.63, 3.8) is 0 Å². The standard InChI is InChI=1S/C14H15NO4/c1-2-19-13-4-3-12(7-11(13)8-16)15-14(17)10-5-6-18-9-10/h3-7,9,16H,2,8H2,1H3,(H,15,17). The van der Waals surface area contributed by atoms with Crippen LogP contribution in [0.1, 0.15) is 22.8 Å². The third kappa shape index (κ3) is 3.14. The van der Waals surface area contributed by atoms with Gasteiger partial charge in [-0.15, -0.1) is 0 Å². The molecule has 19 heavy (non-hydrogen) atoms. The quantitative estimate of drug-likeness (QED) is 0.867. The van der Waals surface area contributed by atoms with E-state index in [9.17, 15) is 9.90 Å². The Labute approximate surface area is 110 Å². The number of hydrogen-bond donors (Lipinski definition) is 2. The number of carbonyl (C=O) groups excluding carboxylic acids is 1. The SMILES string of the molecule is CCOc1ccc(NC(=O)c2ccoc2)cc1CO. The summed E-state index contributed by atoms with van der Waals surface area (Å²) in [5.41, 5.74) is 1.67. The van der Waals surface area contributed by atoms with Crippen LogP contribution >= 0.6 is 0 Å². The molecule has 0 aliphatic rings. The summed E-state index contributed by atoms with van der Waals surface area (Å²) in [5.74, 6) is 0.355. The lowest BCUT2D eigenvalue weighted by Crippen LogP contribution is -2.11. The van der Waals surface area contributed by atoms with E-state index >= 15 is 0 Å². The van der Waals surface area contributed by atoms with Gasteiger partial charge in [-0.05, 0) is 31.2 Å². The minimum atomic E-state index is -0.262. The largest absolute Gasteiger partial charge is 0.494 e. The van der Waals surface area contributed by atoms with Gasteiger partial charge in [0, 0.05) is 11.3 Å². The Hall–Kier alpha value is -2.27. The molecule has 0 fully saturated rings. The second kappa shape index (κ2) is 6.06. The van der Waals surface area contributed by atoms with Crippen molar-refractivity contribution in [2.24, 2.45) is 0 Å². The number of anilines is 1. The van der Waals surface area contributed by atoms with Crippen molar-refractivity contribution < 1.29 is 19.1 Å². The van der Waals surface area contributed by atoms with E-state index in [1.165, 1.54) is 12.5 Å². The highest BCUT2D eigenvalue weighted by Crippen LogP contribution is 2.23. The molecule has 5 heteroatoms. The maximum atomic E-state index is 11.8. The first kappa shape index (κ1) is 13.2. The number of rotatable bonds is 5. The Morgan fingerprint density at radius 1 is 1.42 bits per heavy atom. The van der Waals surface area contributed by atoms with Gasteiger partial charge in [0.2, 0.25) is 0 Å². The first-order valence-corrected chi connectivity index (χ1v) is 5.94. The van der Waals surface area contributed by atoms with E-state index < -0.39 is 0 Å². The second-order valence-electron chi connectivity index (χ2n) is 3.88. The van der Waals surface area contributed by atoms with Crippen LogP contribution in [0.15, 0.2) is 41.2 Å². The Morgan fingerprint density at radius 2 is 2.26 bits per heavy atom. The Bertz CT molecular complexity index is 549. The van der Waals surface area contributed by atoms with Crippen molar-refractivity contribution in [1.82, 2.24) is 0 Å². The lowest BCUT2D eigenvalue weighted by Gasteiger charge is -2.11. The number of ether oxygens (including phenoxy) is 1. The molecule has 2 N–H and O–H groups in total. The fraction of sp³-hybridized carbons (Fsp3) is 0.214. The van der Waals surface area contributed by atoms with E-state index in [0.29, 0.717) is 29.2 Å². The van der Waals surface area contributed by atoms with Crippen LogP contribution in [0.3, 0.4) is 0 Å². The fourth-order valence-corrected chi connectivity index (χ4v) is 1.67. The normalized spacial score (nSPS) is 10.2. The molecule has 2 rings (SSSR count). The van der Waals surface area contributed by atoms with Gasteiger partial charge in [0.1, 0.15) is 12.0 Å². The molecular formula is C14H15NO4. The molecule has 0 saturated carbocycles. The van der Waals surface area contributed by atoms with E-state index in [0.717, 1.165) is 0 Å². The maximum absolute atomic E-state index is 11.8. The molecule has 1 aromatic heterocycles. The number of carbonyl (C=O) groups is 1. The van der Waals surface area contributed by atoms with Crippen molar-refractivity contribution in [2.45, 2.75) is 13.5 Å². The van der Waals surface area contributed by atoms with Gasteiger partial charge < -0.3 is 19.6 Å². The van der Waals surface area contributed by atoms with Gasteiger partial charge in [-0.1, -0.05) is 0 Å². The number of hydrogen-bond acceptors (Lipinski definition) is 4. The molecule has 100 valence electrons. The molecule has 0 aliphatic heterocycles. The van der Waals surface area contributed by atoms with Crippen molar-refractivity contribution in [1.29, 1.82) is 0 Å². The minimum Gasteiger partial charge on any atom is -0.494 e. The number of aliphatic hydroxyl groups is 1. The molecule has 0 unspecified atom stereocenters. The van der Waals surface area contributed by atoms with E-state index in [-0.39, 0.29) is 12.5 Å². The summed E-state index contributed by atoms with van der Waals surface area (Å²) in [6.45, 7) is 2.24. The predicted molar refractivity (Wildman–Crippen MR) is 70.2 cm³/mol. The zero-order valence-corrected chi connectivity index (χ0v) is 10.6. The van der Waals surface area contributed by atoms with Crippen LogP contribution < -0.4 is 10.1 Å². The van der Waals surface area contributed by atoms with Crippen LogP contribution in [0.4, 0.5) is 5.69 Å². The molecule has 2 aromatic rings. The van der Waals surface area contributed by atoms with Crippen LogP contribution in [-0.4, -0.2) is 17.6 Å². The number of amides is 1. The van der Waals surface area contributed by atoms with Gasteiger partial charge in [-0.3, -0.25) is 4.79 Å². The first-order valence-electron chi connectivity index (χ1n) is 5.94. The monoisotopic (exact) mass is 261 g/mol. The molecular weight excluding hydrogens is 246 g/mol. The number of benzene rings is 1. The van der Waals surface area contributed by atoms with Gasteiger partial charge in [0.05, 0.1) is 25.0 Å². The number of furan rings is 1. The number of aliphatic hydroxyl groups excluding tert-OH is 1. The van der Waals surface area contributed by atoms with Gasteiger partial charge >= 0.3 is 0 Å². The summed E-state index contributed by atoms with van der Waals surface area (Å²) in [6.07, 6.45) is 2.81. The fourth-order valence-electron chi connectivity index (χ4n) is 1.67. The van der Waals surface area contributed by atoms with Gasteiger partial charge in [-0.25, -0.2) is 0 Å². The van der Waals surface area contributed by atoms with E-state index in [4.69, 9.17) is 9.15 Å². The molecule has 0 bridgehead atoms. The highest BCUT2D eigenvalue weighted by Gasteiger charge is 2.09. The average molecular weight is 261 g/mol. The molecule has 1 amide bonds. The van der Waals surface area contributed by atoms with Crippen LogP contribution in [0.2, 0.25) is 0 Å². The molecule has 1 heterocycles. The first-order chi connectivity index (χ1) is 9.24. The summed E-state index contributed by atoms with van der Waals surface area (Å²) < 4.78 is 10.2. The number of nitrogens with one attached hydrogen (secondary N) is 1. The highest BCUT2D eigenvalue weighted by atomic mass is 16.5. The molecule has 0 atom stereocenters. The lowest BCUT2D eigenvalue weighted by atomic mass is 10.2. The predicted octanol–water partition coefficient (Wildman–Crippen LogP) is 2.42. The highest BCUT2D eigenvalue weighted by molar-refractivity contribution is 6.04. The van der Waals surface area contributed by atoms with E-state index in [2.05, 4.69) is 5.32 Å². The van der Waals surface area contributed by atoms with Crippen LogP contribution in [-0.2, 0) is 6.61 Å². The molecule has 0 spiro atoms. The Kier molecular flexibility index (Phi) is 4.20. The third-order valence-electron chi connectivity index (χ3n) is 2.57. The van der Waals surface area contributed by atoms with Gasteiger partial charge in [-0.2, -0.15) is 0 Å². The smallest absolute Gasteiger partial charge is 0.258 e. The summed E-state index contributed by atoms with van der Waals surface area (Å²) in [7, 11) is 0. The van der Waals surface area contributed by atoms with E-state index in [1.54, 1.807) is 24.3 Å². The van der Waals surface area contributed by atoms with Crippen molar-refractivity contribution >= 4 is 11.6 Å². The summed E-state index contributed by atoms with van der Waals surface area (Å²) in [6, 6.07) is 6.71. The van der Waals surface area contributed by atoms with Crippen molar-refractivity contribution in [3.8, 4) is 5.75 Å². The van der Waals surface area contributed by atoms with Gasteiger partial charge in [0.15, 0.2) is 0 Å². The van der Waals surface area contributed by atoms with Crippen LogP contribution in [0.5, 0.6) is 5.75 Å². The van der Waals surface area contributed by atoms with Crippen molar-refractivity contribution in [3.05, 3.63) is 47.9 Å². The minimum absolute atomic E-state index is 0.148. The molecule has 1 aromatic carbocycles. The van der Waals surface area contributed by atoms with Gasteiger partial charge in [0.25, 0.3) is 5.91 Å². The molecule has 0 saturated heterocycles. The molecule has 5 nitrogen and oxygen atoms in total. The zero-order chi connectivity index (χ0) is 13.7. The van der Waals surface area contributed by atoms with Crippen LogP contribution in [0, 0.1) is 0 Å². The summed E-state index contributed by atoms with van der Waals surface area (Å²) >= 11 is 0.